The first-order valence-corrected chi connectivity index (χ1v) is 14.5. The highest BCUT2D eigenvalue weighted by molar-refractivity contribution is 7.80. The van der Waals surface area contributed by atoms with Crippen LogP contribution in [0.15, 0.2) is 97.2 Å². The fourth-order valence-electron chi connectivity index (χ4n) is 5.99. The molecule has 1 aliphatic heterocycles. The van der Waals surface area contributed by atoms with Gasteiger partial charge >= 0.3 is 5.97 Å². The van der Waals surface area contributed by atoms with Gasteiger partial charge in [-0.2, -0.15) is 0 Å². The summed E-state index contributed by atoms with van der Waals surface area (Å²) >= 11 is 5.85. The van der Waals surface area contributed by atoms with Crippen LogP contribution in [0.2, 0.25) is 0 Å². The quantitative estimate of drug-likeness (QED) is 0.182. The monoisotopic (exact) mass is 589 g/mol. The van der Waals surface area contributed by atoms with E-state index < -0.39 is 5.97 Å². The second-order valence-corrected chi connectivity index (χ2v) is 11.0. The lowest BCUT2D eigenvalue weighted by atomic mass is 9.96. The van der Waals surface area contributed by atoms with Crippen LogP contribution in [0, 0.1) is 13.8 Å². The lowest BCUT2D eigenvalue weighted by Gasteiger charge is -2.28. The van der Waals surface area contributed by atoms with Gasteiger partial charge in [0.2, 0.25) is 5.91 Å². The number of carbonyl (C=O) groups is 2. The molecule has 9 heteroatoms. The first-order valence-electron chi connectivity index (χ1n) is 14.1. The molecule has 1 amide bonds. The van der Waals surface area contributed by atoms with Crippen molar-refractivity contribution in [1.29, 1.82) is 0 Å². The highest BCUT2D eigenvalue weighted by Crippen LogP contribution is 2.41. The highest BCUT2D eigenvalue weighted by atomic mass is 32.1. The molecule has 1 saturated heterocycles. The number of amides is 1. The predicted molar refractivity (Wildman–Crippen MR) is 172 cm³/mol. The van der Waals surface area contributed by atoms with E-state index >= 15 is 0 Å². The van der Waals surface area contributed by atoms with Crippen LogP contribution >= 0.6 is 12.2 Å². The molecule has 0 bridgehead atoms. The van der Waals surface area contributed by atoms with E-state index in [1.165, 1.54) is 0 Å². The van der Waals surface area contributed by atoms with Crippen LogP contribution in [0.5, 0.6) is 0 Å². The minimum Gasteiger partial charge on any atom is -0.478 e. The second kappa shape index (κ2) is 11.7. The standard InChI is InChI=1S/C34H31N5O3S/c1-21-20-27(22(2)39(21)25-15-13-24(14-16-25)33(41)42)32-31(29-11-5-6-18-35-29)37-34(43)38(32)19-17-30(40)36-28-12-7-9-23-8-3-4-10-26(23)28/h3-16,18,20,31-32H,17,19H2,1-2H3,(H,36,40)(H,37,43)(H,41,42)/t31-,32-/m0/s1. The molecule has 3 N–H and O–H groups in total. The third kappa shape index (κ3) is 5.47. The van der Waals surface area contributed by atoms with Gasteiger partial charge in [-0.05, 0) is 85.5 Å². The molecule has 1 fully saturated rings. The van der Waals surface area contributed by atoms with Crippen LogP contribution in [0.25, 0.3) is 16.5 Å². The summed E-state index contributed by atoms with van der Waals surface area (Å²) in [6.07, 6.45) is 2.01. The van der Waals surface area contributed by atoms with E-state index in [1.807, 2.05) is 79.7 Å². The fourth-order valence-corrected chi connectivity index (χ4v) is 6.32. The Kier molecular flexibility index (Phi) is 7.65. The summed E-state index contributed by atoms with van der Waals surface area (Å²) in [5.41, 5.74) is 5.80. The largest absolute Gasteiger partial charge is 0.478 e. The molecule has 43 heavy (non-hydrogen) atoms. The van der Waals surface area contributed by atoms with E-state index in [0.717, 1.165) is 44.8 Å². The number of aromatic nitrogens is 2. The molecule has 3 heterocycles. The molecular weight excluding hydrogens is 558 g/mol. The molecule has 1 aliphatic rings. The van der Waals surface area contributed by atoms with Crippen molar-refractivity contribution in [2.75, 3.05) is 11.9 Å². The maximum absolute atomic E-state index is 13.2. The molecule has 0 unspecified atom stereocenters. The number of carboxylic acids is 1. The molecule has 216 valence electrons. The number of carbonyl (C=O) groups excluding carboxylic acids is 1. The maximum atomic E-state index is 13.2. The maximum Gasteiger partial charge on any atom is 0.335 e. The lowest BCUT2D eigenvalue weighted by molar-refractivity contribution is -0.116. The minimum absolute atomic E-state index is 0.0943. The van der Waals surface area contributed by atoms with Gasteiger partial charge in [0, 0.05) is 47.3 Å². The molecule has 8 nitrogen and oxygen atoms in total. The first kappa shape index (κ1) is 28.1. The topological polar surface area (TPSA) is 99.5 Å². The molecule has 2 aromatic heterocycles. The van der Waals surface area contributed by atoms with Crippen LogP contribution in [0.1, 0.15) is 51.5 Å². The van der Waals surface area contributed by atoms with E-state index in [1.54, 1.807) is 18.3 Å². The lowest BCUT2D eigenvalue weighted by Crippen LogP contribution is -2.33. The Morgan fingerprint density at radius 2 is 1.72 bits per heavy atom. The molecule has 0 radical (unpaired) electrons. The van der Waals surface area contributed by atoms with Gasteiger partial charge in [-0.3, -0.25) is 9.78 Å². The Bertz CT molecular complexity index is 1830. The van der Waals surface area contributed by atoms with E-state index in [0.29, 0.717) is 11.7 Å². The smallest absolute Gasteiger partial charge is 0.335 e. The Morgan fingerprint density at radius 3 is 2.47 bits per heavy atom. The molecule has 3 aromatic carbocycles. The number of carboxylic acid groups (broad SMARTS) is 1. The molecule has 6 rings (SSSR count). The zero-order chi connectivity index (χ0) is 30.1. The summed E-state index contributed by atoms with van der Waals surface area (Å²) in [5.74, 6) is -1.06. The van der Waals surface area contributed by atoms with Crippen LogP contribution in [0.4, 0.5) is 5.69 Å². The second-order valence-electron chi connectivity index (χ2n) is 10.7. The number of benzene rings is 3. The SMILES string of the molecule is Cc1cc([C@H]2[C@H](c3ccccn3)NC(=S)N2CCC(=O)Nc2cccc3ccccc23)c(C)n1-c1ccc(C(=O)O)cc1. The number of nitrogens with one attached hydrogen (secondary N) is 2. The molecule has 0 aliphatic carbocycles. The third-order valence-corrected chi connectivity index (χ3v) is 8.36. The number of rotatable bonds is 8. The molecule has 0 spiro atoms. The average molecular weight is 590 g/mol. The summed E-state index contributed by atoms with van der Waals surface area (Å²) in [7, 11) is 0. The summed E-state index contributed by atoms with van der Waals surface area (Å²) in [5, 5.41) is 18.5. The van der Waals surface area contributed by atoms with E-state index in [-0.39, 0.29) is 30.0 Å². The van der Waals surface area contributed by atoms with Crippen LogP contribution in [-0.2, 0) is 4.79 Å². The van der Waals surface area contributed by atoms with Crippen molar-refractivity contribution in [1.82, 2.24) is 19.8 Å². The van der Waals surface area contributed by atoms with Crippen molar-refractivity contribution < 1.29 is 14.7 Å². The number of anilines is 1. The zero-order valence-corrected chi connectivity index (χ0v) is 24.6. The van der Waals surface area contributed by atoms with Gasteiger partial charge in [-0.15, -0.1) is 0 Å². The number of fused-ring (bicyclic) bond motifs is 1. The molecule has 0 saturated carbocycles. The van der Waals surface area contributed by atoms with Gasteiger partial charge < -0.3 is 25.2 Å². The van der Waals surface area contributed by atoms with Gasteiger partial charge in [-0.25, -0.2) is 4.79 Å². The summed E-state index contributed by atoms with van der Waals surface area (Å²) in [6.45, 7) is 4.49. The van der Waals surface area contributed by atoms with Gasteiger partial charge in [0.25, 0.3) is 0 Å². The van der Waals surface area contributed by atoms with Gasteiger partial charge in [-0.1, -0.05) is 42.5 Å². The average Bonchev–Trinajstić information content (AvgIpc) is 3.50. The van der Waals surface area contributed by atoms with Crippen molar-refractivity contribution in [3.8, 4) is 5.69 Å². The van der Waals surface area contributed by atoms with E-state index in [2.05, 4.69) is 38.1 Å². The predicted octanol–water partition coefficient (Wildman–Crippen LogP) is 6.34. The number of aryl methyl sites for hydroxylation is 1. The number of aromatic carboxylic acids is 1. The number of nitrogens with zero attached hydrogens (tertiary/aromatic N) is 3. The first-order chi connectivity index (χ1) is 20.8. The Hall–Kier alpha value is -5.02. The number of pyridine rings is 1. The summed E-state index contributed by atoms with van der Waals surface area (Å²) in [4.78, 5) is 31.4. The minimum atomic E-state index is -0.961. The Balaban J connectivity index is 1.31. The van der Waals surface area contributed by atoms with Gasteiger partial charge in [0.1, 0.15) is 0 Å². The van der Waals surface area contributed by atoms with E-state index in [4.69, 9.17) is 12.2 Å². The fraction of sp³-hybridized carbons (Fsp3) is 0.176. The van der Waals surface area contributed by atoms with Crippen molar-refractivity contribution in [3.63, 3.8) is 0 Å². The number of hydrogen-bond donors (Lipinski definition) is 3. The molecule has 2 atom stereocenters. The number of thiocarbonyl (C=S) groups is 1. The molecule has 5 aromatic rings. The van der Waals surface area contributed by atoms with Crippen LogP contribution < -0.4 is 10.6 Å². The number of hydrogen-bond acceptors (Lipinski definition) is 4. The Morgan fingerprint density at radius 1 is 0.977 bits per heavy atom. The Labute approximate surface area is 255 Å². The van der Waals surface area contributed by atoms with Gasteiger partial charge in [0.05, 0.1) is 23.3 Å². The van der Waals surface area contributed by atoms with Crippen molar-refractivity contribution in [2.45, 2.75) is 32.4 Å². The van der Waals surface area contributed by atoms with Crippen molar-refractivity contribution >= 4 is 45.7 Å². The highest BCUT2D eigenvalue weighted by Gasteiger charge is 2.41. The third-order valence-electron chi connectivity index (χ3n) is 8.00. The van der Waals surface area contributed by atoms with Gasteiger partial charge in [0.15, 0.2) is 5.11 Å². The van der Waals surface area contributed by atoms with Crippen molar-refractivity contribution in [2.24, 2.45) is 0 Å². The zero-order valence-electron chi connectivity index (χ0n) is 23.8. The van der Waals surface area contributed by atoms with Crippen molar-refractivity contribution in [3.05, 3.63) is 125 Å². The van der Waals surface area contributed by atoms with Crippen LogP contribution in [-0.4, -0.2) is 43.1 Å². The van der Waals surface area contributed by atoms with Crippen LogP contribution in [0.3, 0.4) is 0 Å². The molecular formula is C34H31N5O3S. The summed E-state index contributed by atoms with van der Waals surface area (Å²) < 4.78 is 2.11. The van der Waals surface area contributed by atoms with E-state index in [9.17, 15) is 14.7 Å². The summed E-state index contributed by atoms with van der Waals surface area (Å²) in [6, 6.07) is 28.2. The normalized spacial score (nSPS) is 16.3.